The highest BCUT2D eigenvalue weighted by molar-refractivity contribution is 5.05. The van der Waals surface area contributed by atoms with Crippen LogP contribution in [-0.2, 0) is 14.2 Å². The average Bonchev–Trinajstić information content (AvgIpc) is 3.30. The molecule has 0 aromatic carbocycles. The first kappa shape index (κ1) is 38.9. The number of hydrogen-bond acceptors (Lipinski definition) is 4. The van der Waals surface area contributed by atoms with Crippen molar-refractivity contribution in [3.05, 3.63) is 0 Å². The minimum atomic E-state index is -0.0573. The molecule has 0 radical (unpaired) electrons. The summed E-state index contributed by atoms with van der Waals surface area (Å²) in [6.45, 7) is 45.9. The van der Waals surface area contributed by atoms with Crippen LogP contribution in [0.1, 0.15) is 157 Å². The summed E-state index contributed by atoms with van der Waals surface area (Å²) in [6, 6.07) is 0. The van der Waals surface area contributed by atoms with E-state index in [9.17, 15) is 0 Å². The van der Waals surface area contributed by atoms with E-state index in [1.54, 1.807) is 0 Å². The lowest BCUT2D eigenvalue weighted by molar-refractivity contribution is -0.202. The second-order valence-electron chi connectivity index (χ2n) is 19.3. The molecule has 0 spiro atoms. The van der Waals surface area contributed by atoms with Gasteiger partial charge in [0.2, 0.25) is 0 Å². The molecule has 0 bridgehead atoms. The van der Waals surface area contributed by atoms with Crippen molar-refractivity contribution in [3.8, 4) is 0 Å². The largest absolute Gasteiger partial charge is 0.374 e. The van der Waals surface area contributed by atoms with E-state index >= 15 is 0 Å². The molecule has 246 valence electrons. The molecule has 0 aromatic heterocycles. The van der Waals surface area contributed by atoms with E-state index in [1.165, 1.54) is 32.1 Å². The van der Waals surface area contributed by atoms with Gasteiger partial charge in [-0.3, -0.25) is 0 Å². The van der Waals surface area contributed by atoms with Gasteiger partial charge >= 0.3 is 0 Å². The van der Waals surface area contributed by atoms with Crippen LogP contribution in [0.2, 0.25) is 0 Å². The van der Waals surface area contributed by atoms with Crippen LogP contribution in [0.5, 0.6) is 0 Å². The molecule has 3 heterocycles. The van der Waals surface area contributed by atoms with E-state index in [0.29, 0.717) is 0 Å². The Bertz CT molecular complexity index is 675. The van der Waals surface area contributed by atoms with Crippen molar-refractivity contribution < 1.29 is 14.2 Å². The minimum Gasteiger partial charge on any atom is -0.374 e. The fourth-order valence-corrected chi connectivity index (χ4v) is 8.75. The number of morpholine rings is 1. The molecule has 0 atom stereocenters. The Labute approximate surface area is 258 Å². The lowest BCUT2D eigenvalue weighted by atomic mass is 9.60. The lowest BCUT2D eigenvalue weighted by Gasteiger charge is -2.55. The molecule has 4 nitrogen and oxygen atoms in total. The summed E-state index contributed by atoms with van der Waals surface area (Å²) in [4.78, 5) is 0. The van der Waals surface area contributed by atoms with Gasteiger partial charge in [-0.15, -0.1) is 0 Å². The number of ether oxygens (including phenoxy) is 3. The normalized spacial score (nSPS) is 23.6. The van der Waals surface area contributed by atoms with Gasteiger partial charge < -0.3 is 19.5 Å². The van der Waals surface area contributed by atoms with Crippen molar-refractivity contribution in [3.63, 3.8) is 0 Å². The van der Waals surface area contributed by atoms with Gasteiger partial charge in [0.15, 0.2) is 0 Å². The molecule has 0 amide bonds. The Hall–Kier alpha value is -0.160. The molecule has 4 heteroatoms. The van der Waals surface area contributed by atoms with Crippen molar-refractivity contribution in [2.24, 2.45) is 32.5 Å². The van der Waals surface area contributed by atoms with Gasteiger partial charge in [0.25, 0.3) is 0 Å². The Morgan fingerprint density at radius 1 is 0.390 bits per heavy atom. The molecule has 0 saturated carbocycles. The maximum Gasteiger partial charge on any atom is 0.0902 e. The van der Waals surface area contributed by atoms with Crippen LogP contribution >= 0.6 is 0 Å². The topological polar surface area (TPSA) is 39.7 Å². The number of hydrogen-bond donors (Lipinski definition) is 1. The summed E-state index contributed by atoms with van der Waals surface area (Å²) >= 11 is 0. The zero-order valence-corrected chi connectivity index (χ0v) is 31.3. The predicted octanol–water partition coefficient (Wildman–Crippen LogP) is 10.1. The summed E-state index contributed by atoms with van der Waals surface area (Å²) in [5.41, 5.74) is 1.33. The number of nitrogens with one attached hydrogen (secondary N) is 1. The molecule has 3 saturated heterocycles. The summed E-state index contributed by atoms with van der Waals surface area (Å²) < 4.78 is 18.4. The smallest absolute Gasteiger partial charge is 0.0902 e. The first-order chi connectivity index (χ1) is 18.1. The number of rotatable bonds is 0. The fraction of sp³-hybridized carbons (Fsp3) is 1.00. The second-order valence-corrected chi connectivity index (χ2v) is 19.3. The summed E-state index contributed by atoms with van der Waals surface area (Å²) in [5, 5.41) is 3.46. The van der Waals surface area contributed by atoms with Crippen molar-refractivity contribution >= 4 is 0 Å². The molecule has 3 aliphatic rings. The van der Waals surface area contributed by atoms with E-state index in [4.69, 9.17) is 14.2 Å². The zero-order chi connectivity index (χ0) is 32.4. The van der Waals surface area contributed by atoms with Crippen LogP contribution < -0.4 is 5.32 Å². The third kappa shape index (κ3) is 8.31. The van der Waals surface area contributed by atoms with Gasteiger partial charge in [-0.1, -0.05) is 125 Å². The van der Waals surface area contributed by atoms with Crippen LogP contribution in [0.4, 0.5) is 0 Å². The maximum atomic E-state index is 6.19. The standard InChI is InChI=1S/C13H26O.C12H25NO.C12H24O/c1-11(2,3)13(12(4,5)6)9-7-8-10-14-13;1-10(2,3)12(11(4,5)6)9-13-7-8-14-12;1-10(2,3)12(11(4,5)6)8-7-9-13-12/h7-10H2,1-6H3;13H,7-9H2,1-6H3;7-9H2,1-6H3. The van der Waals surface area contributed by atoms with Crippen LogP contribution in [0.15, 0.2) is 0 Å². The summed E-state index contributed by atoms with van der Waals surface area (Å²) in [7, 11) is 0. The quantitative estimate of drug-likeness (QED) is 0.309. The monoisotopic (exact) mass is 582 g/mol. The predicted molar refractivity (Wildman–Crippen MR) is 179 cm³/mol. The maximum absolute atomic E-state index is 6.19. The molecule has 3 aliphatic heterocycles. The van der Waals surface area contributed by atoms with Crippen molar-refractivity contribution in [1.29, 1.82) is 0 Å². The molecule has 41 heavy (non-hydrogen) atoms. The molecule has 3 rings (SSSR count). The van der Waals surface area contributed by atoms with E-state index in [-0.39, 0.29) is 49.3 Å². The van der Waals surface area contributed by atoms with Gasteiger partial charge in [0, 0.05) is 26.3 Å². The van der Waals surface area contributed by atoms with Crippen molar-refractivity contribution in [1.82, 2.24) is 5.32 Å². The molecular weight excluding hydrogens is 506 g/mol. The SMILES string of the molecule is CC(C)(C)C1(C(C)(C)C)CCCCO1.CC(C)(C)C1(C(C)(C)C)CCCO1.CC(C)(C)C1(C(C)(C)C)CNCCO1. The Kier molecular flexibility index (Phi) is 12.4. The molecular formula is C37H75NO3. The first-order valence-electron chi connectivity index (χ1n) is 16.7. The molecule has 1 N–H and O–H groups in total. The van der Waals surface area contributed by atoms with Gasteiger partial charge in [0.1, 0.15) is 0 Å². The molecule has 3 fully saturated rings. The Morgan fingerprint density at radius 3 is 0.878 bits per heavy atom. The van der Waals surface area contributed by atoms with E-state index in [1.807, 2.05) is 0 Å². The van der Waals surface area contributed by atoms with Gasteiger partial charge in [0.05, 0.1) is 23.4 Å². The first-order valence-corrected chi connectivity index (χ1v) is 16.7. The van der Waals surface area contributed by atoms with Crippen LogP contribution in [0.3, 0.4) is 0 Å². The minimum absolute atomic E-state index is 0.0538. The van der Waals surface area contributed by atoms with Crippen LogP contribution in [0, 0.1) is 32.5 Å². The fourth-order valence-electron chi connectivity index (χ4n) is 8.75. The Balaban J connectivity index is 0.000000308. The third-order valence-corrected chi connectivity index (χ3v) is 10.6. The van der Waals surface area contributed by atoms with Crippen molar-refractivity contribution in [2.75, 3.05) is 32.9 Å². The lowest BCUT2D eigenvalue weighted by Crippen LogP contribution is -2.64. The highest BCUT2D eigenvalue weighted by Crippen LogP contribution is 2.53. The summed E-state index contributed by atoms with van der Waals surface area (Å²) in [5.74, 6) is 0. The highest BCUT2D eigenvalue weighted by atomic mass is 16.5. The zero-order valence-electron chi connectivity index (χ0n) is 31.3. The highest BCUT2D eigenvalue weighted by Gasteiger charge is 2.54. The Morgan fingerprint density at radius 2 is 0.707 bits per heavy atom. The van der Waals surface area contributed by atoms with Crippen LogP contribution in [0.25, 0.3) is 0 Å². The van der Waals surface area contributed by atoms with Gasteiger partial charge in [-0.05, 0) is 64.6 Å². The van der Waals surface area contributed by atoms with Crippen LogP contribution in [-0.4, -0.2) is 49.7 Å². The van der Waals surface area contributed by atoms with E-state index in [0.717, 1.165) is 32.9 Å². The second kappa shape index (κ2) is 13.1. The van der Waals surface area contributed by atoms with Gasteiger partial charge in [-0.2, -0.15) is 0 Å². The van der Waals surface area contributed by atoms with Crippen molar-refractivity contribution in [2.45, 2.75) is 174 Å². The molecule has 0 aliphatic carbocycles. The summed E-state index contributed by atoms with van der Waals surface area (Å²) in [6.07, 6.45) is 6.18. The average molecular weight is 582 g/mol. The molecule has 0 aromatic rings. The van der Waals surface area contributed by atoms with E-state index in [2.05, 4.69) is 130 Å². The van der Waals surface area contributed by atoms with E-state index < -0.39 is 0 Å². The third-order valence-electron chi connectivity index (χ3n) is 10.6. The molecule has 0 unspecified atom stereocenters. The van der Waals surface area contributed by atoms with Gasteiger partial charge in [-0.25, -0.2) is 0 Å².